The second-order valence-electron chi connectivity index (χ2n) is 6.43. The molecule has 0 aliphatic heterocycles. The highest BCUT2D eigenvalue weighted by molar-refractivity contribution is 14.0. The number of halogens is 1. The average Bonchev–Trinajstić information content (AvgIpc) is 2.45. The normalized spacial score (nSPS) is 12.0. The second kappa shape index (κ2) is 9.92. The predicted octanol–water partition coefficient (Wildman–Crippen LogP) is 3.54. The van der Waals surface area contributed by atoms with E-state index in [4.69, 9.17) is 10.5 Å². The number of methoxy groups -OCH3 is 1. The highest BCUT2D eigenvalue weighted by Gasteiger charge is 2.20. The van der Waals surface area contributed by atoms with E-state index in [9.17, 15) is 0 Å². The number of ether oxygens (including phenoxy) is 1. The second-order valence-corrected chi connectivity index (χ2v) is 6.43. The summed E-state index contributed by atoms with van der Waals surface area (Å²) < 4.78 is 5.28. The van der Waals surface area contributed by atoms with E-state index < -0.39 is 0 Å². The molecule has 3 N–H and O–H groups in total. The van der Waals surface area contributed by atoms with Gasteiger partial charge in [-0.2, -0.15) is 0 Å². The van der Waals surface area contributed by atoms with Crippen LogP contribution in [0.3, 0.4) is 0 Å². The van der Waals surface area contributed by atoms with Crippen molar-refractivity contribution in [3.63, 3.8) is 0 Å². The van der Waals surface area contributed by atoms with Crippen LogP contribution in [-0.4, -0.2) is 26.2 Å². The Hall–Kier alpha value is -0.980. The third kappa shape index (κ3) is 7.33. The highest BCUT2D eigenvalue weighted by Crippen LogP contribution is 2.26. The molecule has 0 fully saturated rings. The van der Waals surface area contributed by atoms with E-state index in [0.29, 0.717) is 18.4 Å². The molecule has 0 aromatic heterocycles. The zero-order chi connectivity index (χ0) is 15.9. The summed E-state index contributed by atoms with van der Waals surface area (Å²) in [6.07, 6.45) is 1.09. The van der Waals surface area contributed by atoms with Gasteiger partial charge in [0.15, 0.2) is 5.96 Å². The quantitative estimate of drug-likeness (QED) is 0.404. The van der Waals surface area contributed by atoms with E-state index >= 15 is 0 Å². The van der Waals surface area contributed by atoms with E-state index in [-0.39, 0.29) is 29.4 Å². The van der Waals surface area contributed by atoms with Crippen molar-refractivity contribution in [2.24, 2.45) is 16.6 Å². The fraction of sp³-hybridized carbons (Fsp3) is 0.588. The molecular formula is C17H30IN3O. The van der Waals surface area contributed by atoms with Gasteiger partial charge in [0.2, 0.25) is 0 Å². The maximum Gasteiger partial charge on any atom is 0.188 e. The van der Waals surface area contributed by atoms with Crippen molar-refractivity contribution in [1.82, 2.24) is 5.32 Å². The number of guanidine groups is 1. The monoisotopic (exact) mass is 419 g/mol. The summed E-state index contributed by atoms with van der Waals surface area (Å²) in [4.78, 5) is 4.47. The van der Waals surface area contributed by atoms with Gasteiger partial charge in [0.25, 0.3) is 0 Å². The zero-order valence-electron chi connectivity index (χ0n) is 14.3. The van der Waals surface area contributed by atoms with E-state index in [0.717, 1.165) is 18.7 Å². The summed E-state index contributed by atoms with van der Waals surface area (Å²) in [5, 5.41) is 3.16. The van der Waals surface area contributed by atoms with Gasteiger partial charge in [0.1, 0.15) is 5.75 Å². The number of hydrogen-bond acceptors (Lipinski definition) is 2. The molecule has 0 spiro atoms. The van der Waals surface area contributed by atoms with Gasteiger partial charge in [0.05, 0.1) is 13.7 Å². The van der Waals surface area contributed by atoms with Crippen LogP contribution in [0.2, 0.25) is 0 Å². The van der Waals surface area contributed by atoms with E-state index in [1.54, 1.807) is 7.11 Å². The molecule has 0 bridgehead atoms. The fourth-order valence-corrected chi connectivity index (χ4v) is 1.96. The standard InChI is InChI=1S/C17H29N3O.HI/c1-13(2)9-10-19-16(18)20-12-17(3,4)14-7-6-8-15(11-14)21-5;/h6-8,11,13H,9-10,12H2,1-5H3,(H3,18,19,20);1H. The van der Waals surface area contributed by atoms with Crippen molar-refractivity contribution >= 4 is 29.9 Å². The first-order valence-electron chi connectivity index (χ1n) is 7.53. The number of benzene rings is 1. The summed E-state index contributed by atoms with van der Waals surface area (Å²) in [6.45, 7) is 10.2. The Morgan fingerprint density at radius 2 is 2.05 bits per heavy atom. The minimum atomic E-state index is -0.0844. The van der Waals surface area contributed by atoms with Gasteiger partial charge in [-0.3, -0.25) is 4.99 Å². The first-order chi connectivity index (χ1) is 9.85. The van der Waals surface area contributed by atoms with Crippen LogP contribution in [0.1, 0.15) is 39.7 Å². The molecule has 0 aliphatic rings. The van der Waals surface area contributed by atoms with Gasteiger partial charge in [-0.15, -0.1) is 24.0 Å². The van der Waals surface area contributed by atoms with Gasteiger partial charge in [-0.1, -0.05) is 39.8 Å². The predicted molar refractivity (Wildman–Crippen MR) is 105 cm³/mol. The van der Waals surface area contributed by atoms with Crippen molar-refractivity contribution in [2.75, 3.05) is 20.2 Å². The number of nitrogens with zero attached hydrogens (tertiary/aromatic N) is 1. The Morgan fingerprint density at radius 3 is 2.64 bits per heavy atom. The van der Waals surface area contributed by atoms with Crippen molar-refractivity contribution in [1.29, 1.82) is 0 Å². The van der Waals surface area contributed by atoms with Crippen molar-refractivity contribution in [3.8, 4) is 5.75 Å². The van der Waals surface area contributed by atoms with Crippen LogP contribution in [-0.2, 0) is 5.41 Å². The zero-order valence-corrected chi connectivity index (χ0v) is 16.7. The molecule has 4 nitrogen and oxygen atoms in total. The Bertz CT molecular complexity index is 473. The summed E-state index contributed by atoms with van der Waals surface area (Å²) in [5.74, 6) is 2.05. The van der Waals surface area contributed by atoms with Crippen LogP contribution in [0.4, 0.5) is 0 Å². The molecule has 1 rings (SSSR count). The molecule has 1 aromatic carbocycles. The van der Waals surface area contributed by atoms with E-state index in [2.05, 4.69) is 50.1 Å². The molecule has 0 atom stereocenters. The van der Waals surface area contributed by atoms with Crippen LogP contribution in [0, 0.1) is 5.92 Å². The van der Waals surface area contributed by atoms with Crippen LogP contribution in [0.25, 0.3) is 0 Å². The van der Waals surface area contributed by atoms with Crippen LogP contribution in [0.15, 0.2) is 29.3 Å². The molecule has 5 heteroatoms. The van der Waals surface area contributed by atoms with Gasteiger partial charge in [0, 0.05) is 12.0 Å². The Balaban J connectivity index is 0.00000441. The lowest BCUT2D eigenvalue weighted by Crippen LogP contribution is -2.34. The third-order valence-electron chi connectivity index (χ3n) is 3.52. The average molecular weight is 419 g/mol. The summed E-state index contributed by atoms with van der Waals surface area (Å²) in [5.41, 5.74) is 7.03. The highest BCUT2D eigenvalue weighted by atomic mass is 127. The Kier molecular flexibility index (Phi) is 9.48. The maximum absolute atomic E-state index is 5.92. The molecule has 1 aromatic rings. The topological polar surface area (TPSA) is 59.6 Å². The lowest BCUT2D eigenvalue weighted by atomic mass is 9.85. The molecule has 0 unspecified atom stereocenters. The summed E-state index contributed by atoms with van der Waals surface area (Å²) in [7, 11) is 1.68. The van der Waals surface area contributed by atoms with Gasteiger partial charge in [-0.25, -0.2) is 0 Å². The minimum Gasteiger partial charge on any atom is -0.497 e. The lowest BCUT2D eigenvalue weighted by Gasteiger charge is -2.24. The molecule has 0 aliphatic carbocycles. The number of rotatable bonds is 7. The summed E-state index contributed by atoms with van der Waals surface area (Å²) >= 11 is 0. The number of aliphatic imine (C=N–C) groups is 1. The molecule has 22 heavy (non-hydrogen) atoms. The molecular weight excluding hydrogens is 389 g/mol. The van der Waals surface area contributed by atoms with Crippen molar-refractivity contribution < 1.29 is 4.74 Å². The Labute approximate surface area is 151 Å². The molecule has 0 heterocycles. The minimum absolute atomic E-state index is 0. The number of nitrogens with two attached hydrogens (primary N) is 1. The smallest absolute Gasteiger partial charge is 0.188 e. The summed E-state index contributed by atoms with van der Waals surface area (Å²) in [6, 6.07) is 8.10. The molecule has 0 amide bonds. The molecule has 0 saturated carbocycles. The van der Waals surface area contributed by atoms with E-state index in [1.165, 1.54) is 5.56 Å². The first kappa shape index (κ1) is 21.0. The van der Waals surface area contributed by atoms with Crippen molar-refractivity contribution in [3.05, 3.63) is 29.8 Å². The van der Waals surface area contributed by atoms with Crippen LogP contribution in [0.5, 0.6) is 5.75 Å². The van der Waals surface area contributed by atoms with Gasteiger partial charge >= 0.3 is 0 Å². The van der Waals surface area contributed by atoms with Crippen LogP contribution >= 0.6 is 24.0 Å². The third-order valence-corrected chi connectivity index (χ3v) is 3.52. The van der Waals surface area contributed by atoms with Crippen LogP contribution < -0.4 is 15.8 Å². The molecule has 0 saturated heterocycles. The van der Waals surface area contributed by atoms with Gasteiger partial charge < -0.3 is 15.8 Å². The van der Waals surface area contributed by atoms with E-state index in [1.807, 2.05) is 12.1 Å². The SMILES string of the molecule is COc1cccc(C(C)(C)CN=C(N)NCCC(C)C)c1.I. The maximum atomic E-state index is 5.92. The Morgan fingerprint density at radius 1 is 1.36 bits per heavy atom. The lowest BCUT2D eigenvalue weighted by molar-refractivity contribution is 0.412. The number of hydrogen-bond donors (Lipinski definition) is 2. The van der Waals surface area contributed by atoms with Gasteiger partial charge in [-0.05, 0) is 30.0 Å². The first-order valence-corrected chi connectivity index (χ1v) is 7.53. The van der Waals surface area contributed by atoms with Crippen molar-refractivity contribution in [2.45, 2.75) is 39.5 Å². The fourth-order valence-electron chi connectivity index (χ4n) is 1.96. The largest absolute Gasteiger partial charge is 0.497 e. The molecule has 0 radical (unpaired) electrons. The molecule has 126 valence electrons. The number of nitrogens with one attached hydrogen (secondary N) is 1.